The maximum absolute atomic E-state index is 12.4. The third-order valence-electron chi connectivity index (χ3n) is 4.18. The lowest BCUT2D eigenvalue weighted by molar-refractivity contribution is 0.0852. The van der Waals surface area contributed by atoms with Gasteiger partial charge in [-0.25, -0.2) is 4.98 Å². The second-order valence-electron chi connectivity index (χ2n) is 5.56. The Kier molecular flexibility index (Phi) is 2.81. The molecule has 0 amide bonds. The zero-order valence-electron chi connectivity index (χ0n) is 12.4. The fourth-order valence-corrected chi connectivity index (χ4v) is 2.92. The lowest BCUT2D eigenvalue weighted by atomic mass is 10.1. The molecule has 0 fully saturated rings. The first kappa shape index (κ1) is 13.6. The summed E-state index contributed by atoms with van der Waals surface area (Å²) in [5, 5.41) is 19.4. The van der Waals surface area contributed by atoms with Crippen LogP contribution < -0.4 is 4.74 Å². The number of fused-ring (bicyclic) bond motifs is 2. The van der Waals surface area contributed by atoms with Crippen LogP contribution >= 0.6 is 0 Å². The summed E-state index contributed by atoms with van der Waals surface area (Å²) in [5.41, 5.74) is 2.11. The Balaban J connectivity index is 1.69. The molecule has 1 aliphatic rings. The lowest BCUT2D eigenvalue weighted by Gasteiger charge is -2.10. The largest absolute Gasteiger partial charge is 0.504 e. The summed E-state index contributed by atoms with van der Waals surface area (Å²) in [7, 11) is 1.89. The maximum Gasteiger partial charge on any atom is 0.207 e. The van der Waals surface area contributed by atoms with E-state index in [-0.39, 0.29) is 22.8 Å². The van der Waals surface area contributed by atoms with Gasteiger partial charge in [0.1, 0.15) is 5.82 Å². The van der Waals surface area contributed by atoms with Crippen LogP contribution in [0.5, 0.6) is 17.2 Å². The van der Waals surface area contributed by atoms with Crippen LogP contribution in [-0.4, -0.2) is 31.7 Å². The second kappa shape index (κ2) is 4.74. The summed E-state index contributed by atoms with van der Waals surface area (Å²) in [6, 6.07) is 10.5. The van der Waals surface area contributed by atoms with Crippen molar-refractivity contribution in [2.24, 2.45) is 7.05 Å². The molecule has 4 rings (SSSR count). The molecule has 6 nitrogen and oxygen atoms in total. The molecular weight excluding hydrogens is 296 g/mol. The number of rotatable bonds is 2. The van der Waals surface area contributed by atoms with Crippen LogP contribution in [0, 0.1) is 0 Å². The normalized spacial score (nSPS) is 16.6. The minimum absolute atomic E-state index is 0.0405. The zero-order chi connectivity index (χ0) is 16.1. The number of carbonyl (C=O) groups excluding carboxylic acids is 1. The van der Waals surface area contributed by atoms with Crippen molar-refractivity contribution < 1.29 is 19.7 Å². The van der Waals surface area contributed by atoms with E-state index in [1.54, 1.807) is 0 Å². The quantitative estimate of drug-likeness (QED) is 0.709. The number of phenolic OH excluding ortho intramolecular Hbond substituents is 2. The number of ether oxygens (including phenoxy) is 1. The van der Waals surface area contributed by atoms with Crippen LogP contribution in [0.2, 0.25) is 0 Å². The van der Waals surface area contributed by atoms with E-state index in [0.29, 0.717) is 6.42 Å². The summed E-state index contributed by atoms with van der Waals surface area (Å²) in [6.45, 7) is 0. The van der Waals surface area contributed by atoms with Crippen molar-refractivity contribution >= 4 is 16.8 Å². The molecule has 0 radical (unpaired) electrons. The number of imidazole rings is 1. The Morgan fingerprint density at radius 1 is 1.22 bits per heavy atom. The van der Waals surface area contributed by atoms with Crippen molar-refractivity contribution in [1.29, 1.82) is 0 Å². The third-order valence-corrected chi connectivity index (χ3v) is 4.18. The predicted molar refractivity (Wildman–Crippen MR) is 82.9 cm³/mol. The minimum Gasteiger partial charge on any atom is -0.504 e. The highest BCUT2D eigenvalue weighted by molar-refractivity contribution is 6.05. The number of para-hydroxylation sites is 2. The fraction of sp³-hybridized carbons (Fsp3) is 0.176. The van der Waals surface area contributed by atoms with Crippen LogP contribution in [0.3, 0.4) is 0 Å². The molecule has 0 aliphatic carbocycles. The summed E-state index contributed by atoms with van der Waals surface area (Å²) >= 11 is 0. The highest BCUT2D eigenvalue weighted by atomic mass is 16.5. The van der Waals surface area contributed by atoms with E-state index in [1.807, 2.05) is 35.9 Å². The van der Waals surface area contributed by atoms with E-state index in [2.05, 4.69) is 4.98 Å². The molecule has 2 N–H and O–H groups in total. The smallest absolute Gasteiger partial charge is 0.207 e. The van der Waals surface area contributed by atoms with Crippen molar-refractivity contribution in [3.05, 3.63) is 47.8 Å². The zero-order valence-corrected chi connectivity index (χ0v) is 12.4. The number of ketones is 1. The van der Waals surface area contributed by atoms with Crippen molar-refractivity contribution in [3.63, 3.8) is 0 Å². The molecule has 1 aromatic heterocycles. The van der Waals surface area contributed by atoms with E-state index >= 15 is 0 Å². The van der Waals surface area contributed by atoms with Crippen molar-refractivity contribution in [2.45, 2.75) is 12.5 Å². The highest BCUT2D eigenvalue weighted by Crippen LogP contribution is 2.43. The molecule has 1 aliphatic heterocycles. The standard InChI is InChI=1S/C17H14N2O4/c1-19-11-5-3-2-4-10(11)18-14(19)8-13-15(21)9-6-7-12(20)16(22)17(9)23-13/h2-7,13,20,22H,8H2,1H3. The molecular formula is C17H14N2O4. The van der Waals surface area contributed by atoms with Crippen molar-refractivity contribution in [1.82, 2.24) is 9.55 Å². The topological polar surface area (TPSA) is 84.6 Å². The van der Waals surface area contributed by atoms with Gasteiger partial charge in [0.25, 0.3) is 0 Å². The second-order valence-corrected chi connectivity index (χ2v) is 5.56. The molecule has 3 aromatic rings. The Bertz CT molecular complexity index is 945. The van der Waals surface area contributed by atoms with E-state index in [4.69, 9.17) is 4.74 Å². The molecule has 0 spiro atoms. The summed E-state index contributed by atoms with van der Waals surface area (Å²) in [4.78, 5) is 17.0. The van der Waals surface area contributed by atoms with Crippen molar-refractivity contribution in [3.8, 4) is 17.2 Å². The molecule has 6 heteroatoms. The number of aryl methyl sites for hydroxylation is 1. The molecule has 2 heterocycles. The summed E-state index contributed by atoms with van der Waals surface area (Å²) in [5.74, 6) is -0.162. The van der Waals surface area contributed by atoms with Crippen LogP contribution in [0.4, 0.5) is 0 Å². The monoisotopic (exact) mass is 310 g/mol. The van der Waals surface area contributed by atoms with E-state index in [9.17, 15) is 15.0 Å². The minimum atomic E-state index is -0.756. The van der Waals surface area contributed by atoms with Gasteiger partial charge in [0.15, 0.2) is 17.6 Å². The third kappa shape index (κ3) is 1.95. The number of aromatic nitrogens is 2. The molecule has 0 saturated carbocycles. The molecule has 116 valence electrons. The highest BCUT2D eigenvalue weighted by Gasteiger charge is 2.36. The summed E-state index contributed by atoms with van der Waals surface area (Å²) < 4.78 is 7.50. The predicted octanol–water partition coefficient (Wildman–Crippen LogP) is 2.17. The Hall–Kier alpha value is -3.02. The van der Waals surface area contributed by atoms with Gasteiger partial charge in [-0.2, -0.15) is 0 Å². The molecule has 1 unspecified atom stereocenters. The van der Waals surface area contributed by atoms with E-state index < -0.39 is 11.9 Å². The number of aromatic hydroxyl groups is 2. The Morgan fingerprint density at radius 2 is 2.00 bits per heavy atom. The molecule has 0 saturated heterocycles. The summed E-state index contributed by atoms with van der Waals surface area (Å²) in [6.07, 6.45) is -0.466. The number of hydrogen-bond donors (Lipinski definition) is 2. The van der Waals surface area contributed by atoms with Crippen LogP contribution in [0.1, 0.15) is 16.2 Å². The number of hydrogen-bond acceptors (Lipinski definition) is 5. The van der Waals surface area contributed by atoms with Gasteiger partial charge in [-0.3, -0.25) is 4.79 Å². The number of Topliss-reactive ketones (excluding diaryl/α,β-unsaturated/α-hetero) is 1. The van der Waals surface area contributed by atoms with Gasteiger partial charge in [-0.15, -0.1) is 0 Å². The first-order chi connectivity index (χ1) is 11.1. The maximum atomic E-state index is 12.4. The SMILES string of the molecule is Cn1c(CC2Oc3c(ccc(O)c3O)C2=O)nc2ccccc21. The molecule has 1 atom stereocenters. The van der Waals surface area contributed by atoms with Gasteiger partial charge in [0.05, 0.1) is 23.0 Å². The lowest BCUT2D eigenvalue weighted by Crippen LogP contribution is -2.24. The van der Waals surface area contributed by atoms with Crippen LogP contribution in [0.25, 0.3) is 11.0 Å². The van der Waals surface area contributed by atoms with Gasteiger partial charge < -0.3 is 19.5 Å². The average molecular weight is 310 g/mol. The van der Waals surface area contributed by atoms with Crippen LogP contribution in [-0.2, 0) is 13.5 Å². The average Bonchev–Trinajstić information content (AvgIpc) is 3.03. The van der Waals surface area contributed by atoms with Crippen molar-refractivity contribution in [2.75, 3.05) is 0 Å². The number of benzene rings is 2. The van der Waals surface area contributed by atoms with Gasteiger partial charge in [-0.1, -0.05) is 12.1 Å². The first-order valence-corrected chi connectivity index (χ1v) is 7.22. The first-order valence-electron chi connectivity index (χ1n) is 7.22. The van der Waals surface area contributed by atoms with Gasteiger partial charge in [0.2, 0.25) is 11.5 Å². The Labute approximate surface area is 131 Å². The van der Waals surface area contributed by atoms with E-state index in [0.717, 1.165) is 16.9 Å². The molecule has 23 heavy (non-hydrogen) atoms. The number of phenols is 2. The van der Waals surface area contributed by atoms with Gasteiger partial charge in [-0.05, 0) is 24.3 Å². The van der Waals surface area contributed by atoms with Gasteiger partial charge >= 0.3 is 0 Å². The van der Waals surface area contributed by atoms with Gasteiger partial charge in [0, 0.05) is 7.05 Å². The Morgan fingerprint density at radius 3 is 2.78 bits per heavy atom. The molecule has 2 aromatic carbocycles. The number of carbonyl (C=O) groups is 1. The number of nitrogens with zero attached hydrogens (tertiary/aromatic N) is 2. The molecule has 0 bridgehead atoms. The fourth-order valence-electron chi connectivity index (χ4n) is 2.92. The van der Waals surface area contributed by atoms with E-state index in [1.165, 1.54) is 12.1 Å². The van der Waals surface area contributed by atoms with Crippen LogP contribution in [0.15, 0.2) is 36.4 Å².